The molecule has 7 rings (SSSR count). The predicted molar refractivity (Wildman–Crippen MR) is 209 cm³/mol. The number of allylic oxidation sites excluding steroid dienone is 1. The van der Waals surface area contributed by atoms with E-state index < -0.39 is 41.1 Å². The van der Waals surface area contributed by atoms with Crippen LogP contribution in [0.3, 0.4) is 0 Å². The molecule has 0 unspecified atom stereocenters. The first-order chi connectivity index (χ1) is 27.0. The molecule has 13 heteroatoms. The van der Waals surface area contributed by atoms with Crippen molar-refractivity contribution in [1.82, 2.24) is 15.1 Å². The van der Waals surface area contributed by atoms with E-state index >= 15 is 0 Å². The van der Waals surface area contributed by atoms with Crippen LogP contribution in [0.5, 0.6) is 0 Å². The van der Waals surface area contributed by atoms with Crippen LogP contribution in [-0.2, 0) is 36.9 Å². The van der Waals surface area contributed by atoms with E-state index in [1.165, 1.54) is 16.7 Å². The first kappa shape index (κ1) is 40.9. The largest absolute Gasteiger partial charge is 1.00 e. The second kappa shape index (κ2) is 17.6. The summed E-state index contributed by atoms with van der Waals surface area (Å²) in [5.74, 6) is -1.00. The number of halogens is 1. The molecule has 3 aromatic carbocycles. The third-order valence-electron chi connectivity index (χ3n) is 9.64. The zero-order valence-electron chi connectivity index (χ0n) is 31.8. The van der Waals surface area contributed by atoms with Gasteiger partial charge < -0.3 is 36.7 Å². The van der Waals surface area contributed by atoms with E-state index in [0.717, 1.165) is 22.3 Å². The van der Waals surface area contributed by atoms with Gasteiger partial charge in [-0.25, -0.2) is 14.2 Å². The van der Waals surface area contributed by atoms with Crippen LogP contribution in [0.15, 0.2) is 132 Å². The van der Waals surface area contributed by atoms with E-state index in [0.29, 0.717) is 48.5 Å². The van der Waals surface area contributed by atoms with Crippen LogP contribution < -0.4 is 26.9 Å². The van der Waals surface area contributed by atoms with Crippen LogP contribution in [0.1, 0.15) is 61.1 Å². The number of carbonyl (C=O) groups is 4. The van der Waals surface area contributed by atoms with Crippen LogP contribution in [0.2, 0.25) is 0 Å². The lowest BCUT2D eigenvalue weighted by atomic mass is 10.00. The summed E-state index contributed by atoms with van der Waals surface area (Å²) in [4.78, 5) is 57.9. The topological polar surface area (TPSA) is 133 Å². The number of nitriles is 1. The highest BCUT2D eigenvalue weighted by atomic mass is 79.9. The molecular formula is C44H42BrN5O6S. The number of hydrogen-bond donors (Lipinski definition) is 1. The lowest BCUT2D eigenvalue weighted by molar-refractivity contribution is -0.688. The summed E-state index contributed by atoms with van der Waals surface area (Å²) < 4.78 is 13.7. The number of carbonyl (C=O) groups excluding carboxylic acids is 4. The maximum absolute atomic E-state index is 14.4. The Bertz CT molecular complexity index is 2200. The number of esters is 1. The Morgan fingerprint density at radius 3 is 2.18 bits per heavy atom. The number of β-lactam (4-membered cyclic amide) rings is 1. The third-order valence-corrected chi connectivity index (χ3v) is 10.9. The summed E-state index contributed by atoms with van der Waals surface area (Å²) in [5, 5.41) is 11.2. The molecule has 3 aliphatic heterocycles. The minimum atomic E-state index is -0.900. The van der Waals surface area contributed by atoms with Gasteiger partial charge in [0.2, 0.25) is 5.91 Å². The van der Waals surface area contributed by atoms with Gasteiger partial charge in [-0.05, 0) is 67.7 Å². The maximum atomic E-state index is 14.4. The van der Waals surface area contributed by atoms with E-state index in [1.807, 2.05) is 102 Å². The van der Waals surface area contributed by atoms with Crippen molar-refractivity contribution in [2.45, 2.75) is 63.4 Å². The van der Waals surface area contributed by atoms with Gasteiger partial charge in [-0.3, -0.25) is 14.5 Å². The Labute approximate surface area is 346 Å². The SMILES string of the molecule is CC(C)(C)OC(=O)N[C@@H]1C(=O)N2C(C(=O)OC(c3ccccc3)c3ccccc3)=C(C=C3CCN(Cc4cc[n+](Cc5ccc(C#N)cc5)cc4)C3=O)CS[C@H]12.[Br-]. The van der Waals surface area contributed by atoms with Crippen LogP contribution in [0.4, 0.5) is 4.79 Å². The van der Waals surface area contributed by atoms with E-state index in [2.05, 4.69) is 11.4 Å². The van der Waals surface area contributed by atoms with E-state index in [9.17, 15) is 19.2 Å². The Morgan fingerprint density at radius 2 is 1.58 bits per heavy atom. The number of ether oxygens (including phenoxy) is 2. The number of alkyl carbamates (subject to hydrolysis) is 1. The number of nitrogens with one attached hydrogen (secondary N) is 1. The molecule has 4 aromatic rings. The van der Waals surface area contributed by atoms with Gasteiger partial charge in [0.05, 0.1) is 11.6 Å². The normalized spacial score (nSPS) is 18.4. The van der Waals surface area contributed by atoms with Gasteiger partial charge in [-0.2, -0.15) is 5.26 Å². The van der Waals surface area contributed by atoms with Crippen molar-refractivity contribution in [3.8, 4) is 6.07 Å². The van der Waals surface area contributed by atoms with Crippen molar-refractivity contribution in [3.05, 3.63) is 160 Å². The Morgan fingerprint density at radius 1 is 0.947 bits per heavy atom. The zero-order chi connectivity index (χ0) is 39.4. The second-order valence-electron chi connectivity index (χ2n) is 14.8. The van der Waals surface area contributed by atoms with Crippen LogP contribution in [0.25, 0.3) is 0 Å². The predicted octanol–water partition coefficient (Wildman–Crippen LogP) is 2.95. The molecule has 2 saturated heterocycles. The number of thioether (sulfide) groups is 1. The van der Waals surface area contributed by atoms with Crippen molar-refractivity contribution >= 4 is 35.6 Å². The molecule has 3 aliphatic rings. The molecule has 57 heavy (non-hydrogen) atoms. The monoisotopic (exact) mass is 847 g/mol. The van der Waals surface area contributed by atoms with Crippen molar-refractivity contribution in [2.24, 2.45) is 0 Å². The minimum absolute atomic E-state index is 0. The van der Waals surface area contributed by atoms with Gasteiger partial charge in [-0.1, -0.05) is 72.8 Å². The summed E-state index contributed by atoms with van der Waals surface area (Å²) >= 11 is 1.40. The zero-order valence-corrected chi connectivity index (χ0v) is 34.2. The number of aromatic nitrogens is 1. The lowest BCUT2D eigenvalue weighted by Gasteiger charge is -2.49. The number of likely N-dealkylation sites (tertiary alicyclic amines) is 1. The first-order valence-electron chi connectivity index (χ1n) is 18.4. The fourth-order valence-corrected chi connectivity index (χ4v) is 8.21. The molecule has 292 valence electrons. The summed E-state index contributed by atoms with van der Waals surface area (Å²) in [6.45, 7) is 6.79. The molecule has 2 fully saturated rings. The van der Waals surface area contributed by atoms with Gasteiger partial charge in [-0.15, -0.1) is 11.8 Å². The van der Waals surface area contributed by atoms with E-state index in [4.69, 9.17) is 14.7 Å². The summed E-state index contributed by atoms with van der Waals surface area (Å²) in [6, 6.07) is 31.4. The van der Waals surface area contributed by atoms with Gasteiger partial charge in [0.15, 0.2) is 25.0 Å². The Balaban J connectivity index is 0.00000549. The number of nitrogens with zero attached hydrogens (tertiary/aromatic N) is 4. The molecule has 0 spiro atoms. The van der Waals surface area contributed by atoms with Gasteiger partial charge >= 0.3 is 12.1 Å². The number of hydrogen-bond acceptors (Lipinski definition) is 8. The van der Waals surface area contributed by atoms with Gasteiger partial charge in [0.25, 0.3) is 5.91 Å². The third kappa shape index (κ3) is 9.47. The number of fused-ring (bicyclic) bond motifs is 1. The number of pyridine rings is 1. The van der Waals surface area contributed by atoms with Crippen LogP contribution in [-0.4, -0.2) is 63.0 Å². The Hall–Kier alpha value is -5.71. The molecule has 0 aliphatic carbocycles. The molecule has 11 nitrogen and oxygen atoms in total. The molecule has 4 heterocycles. The minimum Gasteiger partial charge on any atom is -1.00 e. The first-order valence-corrected chi connectivity index (χ1v) is 19.5. The molecular weight excluding hydrogens is 806 g/mol. The number of rotatable bonds is 10. The van der Waals surface area contributed by atoms with E-state index in [1.54, 1.807) is 43.9 Å². The summed E-state index contributed by atoms with van der Waals surface area (Å²) in [5.41, 5.74) is 4.53. The molecule has 0 saturated carbocycles. The summed E-state index contributed by atoms with van der Waals surface area (Å²) in [6.07, 6.45) is 4.66. The lowest BCUT2D eigenvalue weighted by Crippen LogP contribution is -3.00. The standard InChI is InChI=1S/C44H41N5O6S.BrH/c1-44(2,3)55-43(53)46-36-40(51)49-37(42(52)54-38(32-10-6-4-7-11-32)33-12-8-5-9-13-33)35(28-56-41(36)49)24-34-20-23-48(39(34)50)27-31-18-21-47(22-19-31)26-30-16-14-29(25-45)15-17-30;/h4-19,21-22,24,36,38,41H,20,23,26-28H2,1-3H3;1H/t36-,41-;/m1./s1. The fourth-order valence-electron chi connectivity index (χ4n) is 6.90. The molecule has 0 radical (unpaired) electrons. The quantitative estimate of drug-likeness (QED) is 0.112. The van der Waals surface area contributed by atoms with Crippen LogP contribution in [0, 0.1) is 11.3 Å². The highest BCUT2D eigenvalue weighted by Crippen LogP contribution is 2.42. The van der Waals surface area contributed by atoms with E-state index in [-0.39, 0.29) is 28.6 Å². The molecule has 0 bridgehead atoms. The highest BCUT2D eigenvalue weighted by Gasteiger charge is 2.55. The van der Waals surface area contributed by atoms with Crippen molar-refractivity contribution < 1.29 is 50.2 Å². The van der Waals surface area contributed by atoms with Gasteiger partial charge in [0, 0.05) is 42.1 Å². The van der Waals surface area contributed by atoms with Crippen LogP contribution >= 0.6 is 11.8 Å². The van der Waals surface area contributed by atoms with Crippen molar-refractivity contribution in [1.29, 1.82) is 5.26 Å². The summed E-state index contributed by atoms with van der Waals surface area (Å²) in [7, 11) is 0. The maximum Gasteiger partial charge on any atom is 0.408 e. The molecule has 2 atom stereocenters. The Kier molecular flexibility index (Phi) is 12.6. The average molecular weight is 849 g/mol. The highest BCUT2D eigenvalue weighted by molar-refractivity contribution is 8.00. The second-order valence-corrected chi connectivity index (χ2v) is 16.0. The fraction of sp³-hybridized carbons (Fsp3) is 0.273. The van der Waals surface area contributed by atoms with Gasteiger partial charge in [0.1, 0.15) is 22.7 Å². The smallest absolute Gasteiger partial charge is 0.408 e. The molecule has 3 amide bonds. The van der Waals surface area contributed by atoms with Crippen molar-refractivity contribution in [2.75, 3.05) is 12.3 Å². The molecule has 1 aromatic heterocycles. The average Bonchev–Trinajstić information content (AvgIpc) is 3.53. The molecule has 1 N–H and O–H groups in total. The van der Waals surface area contributed by atoms with Crippen molar-refractivity contribution in [3.63, 3.8) is 0 Å². The number of benzene rings is 3. The number of amides is 3.